The second-order valence-corrected chi connectivity index (χ2v) is 6.39. The molecule has 3 N–H and O–H groups in total. The minimum Gasteiger partial charge on any atom is -0.396 e. The van der Waals surface area contributed by atoms with Crippen LogP contribution in [0.5, 0.6) is 0 Å². The highest BCUT2D eigenvalue weighted by Gasteiger charge is 2.45. The molecule has 0 radical (unpaired) electrons. The number of nitrogens with one attached hydrogen (secondary N) is 2. The molecule has 2 aliphatic rings. The zero-order chi connectivity index (χ0) is 13.6. The molecule has 1 fully saturated rings. The van der Waals surface area contributed by atoms with Crippen molar-refractivity contribution in [3.05, 3.63) is 35.5 Å². The summed E-state index contributed by atoms with van der Waals surface area (Å²) in [5, 5.41) is 14.6. The Morgan fingerprint density at radius 1 is 1.25 bits per heavy atom. The number of piperidine rings is 1. The Kier molecular flexibility index (Phi) is 2.86. The number of para-hydroxylation sites is 1. The van der Waals surface area contributed by atoms with E-state index in [1.165, 1.54) is 41.4 Å². The van der Waals surface area contributed by atoms with Gasteiger partial charge in [-0.3, -0.25) is 0 Å². The Balaban J connectivity index is 1.88. The fourth-order valence-electron chi connectivity index (χ4n) is 4.46. The van der Waals surface area contributed by atoms with Crippen LogP contribution >= 0.6 is 0 Å². The molecule has 2 atom stereocenters. The predicted molar refractivity (Wildman–Crippen MR) is 80.7 cm³/mol. The molecular weight excluding hydrogens is 248 g/mol. The Morgan fingerprint density at radius 2 is 2.15 bits per heavy atom. The number of aliphatic hydroxyl groups is 1. The second-order valence-electron chi connectivity index (χ2n) is 6.39. The van der Waals surface area contributed by atoms with Crippen molar-refractivity contribution in [1.82, 2.24) is 10.3 Å². The van der Waals surface area contributed by atoms with Crippen LogP contribution in [-0.4, -0.2) is 23.2 Å². The lowest BCUT2D eigenvalue weighted by Gasteiger charge is -2.48. The first-order chi connectivity index (χ1) is 9.84. The van der Waals surface area contributed by atoms with Crippen LogP contribution < -0.4 is 5.32 Å². The lowest BCUT2D eigenvalue weighted by Crippen LogP contribution is -2.46. The Morgan fingerprint density at radius 3 is 3.05 bits per heavy atom. The summed E-state index contributed by atoms with van der Waals surface area (Å²) in [4.78, 5) is 3.61. The number of hydrogen-bond acceptors (Lipinski definition) is 2. The van der Waals surface area contributed by atoms with E-state index in [4.69, 9.17) is 0 Å². The van der Waals surface area contributed by atoms with E-state index in [2.05, 4.69) is 34.6 Å². The standard InChI is InChI=1S/C17H22N2O/c20-11-9-17-7-3-10-18-16(17)15-12-4-1-2-5-13(12)19-14(15)6-8-17/h1-2,4-5,16,18-20H,3,6-11H2/t16-,17-/m0/s1. The Labute approximate surface area is 119 Å². The minimum absolute atomic E-state index is 0.255. The van der Waals surface area contributed by atoms with Gasteiger partial charge < -0.3 is 15.4 Å². The van der Waals surface area contributed by atoms with E-state index in [0.717, 1.165) is 19.4 Å². The van der Waals surface area contributed by atoms with Crippen LogP contribution in [0.3, 0.4) is 0 Å². The van der Waals surface area contributed by atoms with Crippen LogP contribution in [0, 0.1) is 5.41 Å². The molecule has 0 saturated carbocycles. The van der Waals surface area contributed by atoms with Crippen molar-refractivity contribution < 1.29 is 5.11 Å². The fourth-order valence-corrected chi connectivity index (χ4v) is 4.46. The maximum absolute atomic E-state index is 9.53. The van der Waals surface area contributed by atoms with E-state index in [0.29, 0.717) is 12.6 Å². The predicted octanol–water partition coefficient (Wildman–Crippen LogP) is 2.91. The zero-order valence-corrected chi connectivity index (χ0v) is 11.8. The van der Waals surface area contributed by atoms with Gasteiger partial charge in [0.25, 0.3) is 0 Å². The summed E-state index contributed by atoms with van der Waals surface area (Å²) in [6.07, 6.45) is 5.69. The van der Waals surface area contributed by atoms with Gasteiger partial charge in [-0.2, -0.15) is 0 Å². The van der Waals surface area contributed by atoms with Gasteiger partial charge in [-0.05, 0) is 55.7 Å². The first-order valence-electron chi connectivity index (χ1n) is 7.78. The minimum atomic E-state index is 0.255. The molecule has 1 aromatic carbocycles. The van der Waals surface area contributed by atoms with Gasteiger partial charge in [0.2, 0.25) is 0 Å². The van der Waals surface area contributed by atoms with Gasteiger partial charge in [-0.25, -0.2) is 0 Å². The van der Waals surface area contributed by atoms with Crippen LogP contribution in [0.4, 0.5) is 0 Å². The number of hydrogen-bond donors (Lipinski definition) is 3. The molecule has 3 heteroatoms. The van der Waals surface area contributed by atoms with Crippen molar-refractivity contribution in [3.63, 3.8) is 0 Å². The molecule has 2 aromatic rings. The van der Waals surface area contributed by atoms with E-state index in [1.54, 1.807) is 0 Å². The van der Waals surface area contributed by atoms with Gasteiger partial charge in [0, 0.05) is 29.2 Å². The molecule has 0 bridgehead atoms. The second kappa shape index (κ2) is 4.61. The van der Waals surface area contributed by atoms with Crippen molar-refractivity contribution in [2.24, 2.45) is 5.41 Å². The summed E-state index contributed by atoms with van der Waals surface area (Å²) in [5.74, 6) is 0. The molecule has 1 aliphatic carbocycles. The number of aromatic amines is 1. The van der Waals surface area contributed by atoms with Crippen molar-refractivity contribution in [3.8, 4) is 0 Å². The molecular formula is C17H22N2O. The molecule has 0 unspecified atom stereocenters. The summed E-state index contributed by atoms with van der Waals surface area (Å²) < 4.78 is 0. The average Bonchev–Trinajstić information content (AvgIpc) is 2.86. The summed E-state index contributed by atoms with van der Waals surface area (Å²) in [6, 6.07) is 9.03. The topological polar surface area (TPSA) is 48.0 Å². The molecule has 3 nitrogen and oxygen atoms in total. The maximum atomic E-state index is 9.53. The Hall–Kier alpha value is -1.32. The molecule has 1 aliphatic heterocycles. The number of aryl methyl sites for hydroxylation is 1. The molecule has 0 spiro atoms. The summed E-state index contributed by atoms with van der Waals surface area (Å²) in [7, 11) is 0. The monoisotopic (exact) mass is 270 g/mol. The van der Waals surface area contributed by atoms with Crippen molar-refractivity contribution in [2.45, 2.75) is 38.1 Å². The third kappa shape index (κ3) is 1.66. The van der Waals surface area contributed by atoms with Gasteiger partial charge in [0.05, 0.1) is 0 Å². The van der Waals surface area contributed by atoms with Gasteiger partial charge in [0.1, 0.15) is 0 Å². The van der Waals surface area contributed by atoms with E-state index >= 15 is 0 Å². The van der Waals surface area contributed by atoms with Gasteiger partial charge in [-0.1, -0.05) is 18.2 Å². The van der Waals surface area contributed by atoms with Crippen LogP contribution in [0.2, 0.25) is 0 Å². The van der Waals surface area contributed by atoms with Gasteiger partial charge in [-0.15, -0.1) is 0 Å². The fraction of sp³-hybridized carbons (Fsp3) is 0.529. The van der Waals surface area contributed by atoms with E-state index in [-0.39, 0.29) is 5.41 Å². The molecule has 106 valence electrons. The average molecular weight is 270 g/mol. The van der Waals surface area contributed by atoms with E-state index in [1.807, 2.05) is 0 Å². The number of H-pyrrole nitrogens is 1. The van der Waals surface area contributed by atoms with Crippen molar-refractivity contribution in [2.75, 3.05) is 13.2 Å². The van der Waals surface area contributed by atoms with Gasteiger partial charge >= 0.3 is 0 Å². The SMILES string of the molecule is OCC[C@@]12CCCN[C@H]1c1c([nH]c3ccccc13)CC2. The largest absolute Gasteiger partial charge is 0.396 e. The van der Waals surface area contributed by atoms with Crippen molar-refractivity contribution >= 4 is 10.9 Å². The van der Waals surface area contributed by atoms with Crippen LogP contribution in [0.15, 0.2) is 24.3 Å². The number of aromatic nitrogens is 1. The number of rotatable bonds is 2. The summed E-state index contributed by atoms with van der Waals surface area (Å²) in [6.45, 7) is 1.40. The molecule has 2 heterocycles. The van der Waals surface area contributed by atoms with E-state index < -0.39 is 0 Å². The number of benzene rings is 1. The van der Waals surface area contributed by atoms with Gasteiger partial charge in [0.15, 0.2) is 0 Å². The zero-order valence-electron chi connectivity index (χ0n) is 11.8. The van der Waals surface area contributed by atoms with Crippen molar-refractivity contribution in [1.29, 1.82) is 0 Å². The van der Waals surface area contributed by atoms with Crippen LogP contribution in [0.25, 0.3) is 10.9 Å². The highest BCUT2D eigenvalue weighted by Crippen LogP contribution is 2.52. The quantitative estimate of drug-likeness (QED) is 0.786. The highest BCUT2D eigenvalue weighted by atomic mass is 16.3. The molecule has 4 rings (SSSR count). The summed E-state index contributed by atoms with van der Waals surface area (Å²) >= 11 is 0. The lowest BCUT2D eigenvalue weighted by atomic mass is 9.63. The number of aliphatic hydroxyl groups excluding tert-OH is 1. The first-order valence-corrected chi connectivity index (χ1v) is 7.78. The molecule has 1 saturated heterocycles. The highest BCUT2D eigenvalue weighted by molar-refractivity contribution is 5.85. The lowest BCUT2D eigenvalue weighted by molar-refractivity contribution is 0.0726. The molecule has 1 aromatic heterocycles. The maximum Gasteiger partial charge on any atom is 0.0459 e. The molecule has 0 amide bonds. The third-order valence-corrected chi connectivity index (χ3v) is 5.41. The van der Waals surface area contributed by atoms with E-state index in [9.17, 15) is 5.11 Å². The Bertz CT molecular complexity index is 629. The normalized spacial score (nSPS) is 29.1. The van der Waals surface area contributed by atoms with Crippen LogP contribution in [-0.2, 0) is 6.42 Å². The third-order valence-electron chi connectivity index (χ3n) is 5.41. The van der Waals surface area contributed by atoms with Crippen LogP contribution in [0.1, 0.15) is 43.0 Å². The summed E-state index contributed by atoms with van der Waals surface area (Å²) in [5.41, 5.74) is 4.38. The smallest absolute Gasteiger partial charge is 0.0459 e. The number of fused-ring (bicyclic) bond motifs is 5. The molecule has 20 heavy (non-hydrogen) atoms. The first kappa shape index (κ1) is 12.4.